The summed E-state index contributed by atoms with van der Waals surface area (Å²) in [6, 6.07) is 0. The molecule has 0 bridgehead atoms. The molecule has 2 unspecified atom stereocenters. The lowest BCUT2D eigenvalue weighted by Gasteiger charge is -2.23. The molecule has 0 N–H and O–H groups in total. The molecule has 64 valence electrons. The molecule has 0 aromatic rings. The highest BCUT2D eigenvalue weighted by Gasteiger charge is 2.35. The van der Waals surface area contributed by atoms with Gasteiger partial charge in [0.2, 0.25) is 0 Å². The van der Waals surface area contributed by atoms with Crippen LogP contribution in [0.15, 0.2) is 0 Å². The summed E-state index contributed by atoms with van der Waals surface area (Å²) in [5.41, 5.74) is 0. The zero-order valence-electron chi connectivity index (χ0n) is 6.79. The van der Waals surface area contributed by atoms with Crippen molar-refractivity contribution < 1.29 is 4.55 Å². The van der Waals surface area contributed by atoms with Gasteiger partial charge in [0.1, 0.15) is 5.75 Å². The molecule has 0 radical (unpaired) electrons. The number of rotatable bonds is 1. The standard InChI is InChI=1S/C8H15NOS/c10-11-7-3-4-8(11)9-5-1-2-6-9/h8H,1-7H2. The zero-order valence-corrected chi connectivity index (χ0v) is 7.61. The van der Waals surface area contributed by atoms with Crippen molar-refractivity contribution in [1.29, 1.82) is 0 Å². The summed E-state index contributed by atoms with van der Waals surface area (Å²) in [6.07, 6.45) is 4.97. The number of hydrogen-bond acceptors (Lipinski definition) is 2. The molecule has 2 atom stereocenters. The first kappa shape index (κ1) is 7.90. The second-order valence-electron chi connectivity index (χ2n) is 3.42. The molecule has 0 aromatic carbocycles. The van der Waals surface area contributed by atoms with Crippen molar-refractivity contribution in [3.63, 3.8) is 0 Å². The SMILES string of the molecule is [O-][S+]1CCCC1N1CCCC1. The average molecular weight is 173 g/mol. The van der Waals surface area contributed by atoms with Gasteiger partial charge in [-0.25, -0.2) is 0 Å². The lowest BCUT2D eigenvalue weighted by molar-refractivity contribution is 0.301. The Hall–Kier alpha value is 0.270. The summed E-state index contributed by atoms with van der Waals surface area (Å²) in [7, 11) is 0. The average Bonchev–Trinajstić information content (AvgIpc) is 2.55. The maximum absolute atomic E-state index is 11.4. The van der Waals surface area contributed by atoms with Gasteiger partial charge in [-0.1, -0.05) is 0 Å². The van der Waals surface area contributed by atoms with Crippen LogP contribution in [0.3, 0.4) is 0 Å². The molecule has 0 aromatic heterocycles. The van der Waals surface area contributed by atoms with Gasteiger partial charge in [-0.3, -0.25) is 4.90 Å². The van der Waals surface area contributed by atoms with Crippen LogP contribution < -0.4 is 0 Å². The number of hydrogen-bond donors (Lipinski definition) is 0. The summed E-state index contributed by atoms with van der Waals surface area (Å²) in [5, 5.41) is 0.428. The Morgan fingerprint density at radius 1 is 1.18 bits per heavy atom. The first-order valence-corrected chi connectivity index (χ1v) is 5.87. The third kappa shape index (κ3) is 1.55. The van der Waals surface area contributed by atoms with E-state index in [1.165, 1.54) is 38.8 Å². The van der Waals surface area contributed by atoms with Crippen LogP contribution in [-0.2, 0) is 11.2 Å². The van der Waals surface area contributed by atoms with Gasteiger partial charge < -0.3 is 4.55 Å². The van der Waals surface area contributed by atoms with Crippen molar-refractivity contribution in [3.05, 3.63) is 0 Å². The van der Waals surface area contributed by atoms with E-state index in [1.54, 1.807) is 0 Å². The Bertz CT molecular complexity index is 136. The van der Waals surface area contributed by atoms with Gasteiger partial charge in [0.15, 0.2) is 5.37 Å². The normalized spacial score (nSPS) is 40.1. The molecule has 0 spiro atoms. The van der Waals surface area contributed by atoms with Crippen LogP contribution in [0.25, 0.3) is 0 Å². The third-order valence-electron chi connectivity index (χ3n) is 2.65. The van der Waals surface area contributed by atoms with Gasteiger partial charge in [0.05, 0.1) is 0 Å². The Labute approximate surface area is 71.1 Å². The van der Waals surface area contributed by atoms with E-state index in [4.69, 9.17) is 0 Å². The van der Waals surface area contributed by atoms with Crippen molar-refractivity contribution >= 4 is 11.2 Å². The molecule has 2 heterocycles. The maximum atomic E-state index is 11.4. The Morgan fingerprint density at radius 3 is 2.45 bits per heavy atom. The Morgan fingerprint density at radius 2 is 1.91 bits per heavy atom. The monoisotopic (exact) mass is 173 g/mol. The highest BCUT2D eigenvalue weighted by molar-refractivity contribution is 7.92. The second-order valence-corrected chi connectivity index (χ2v) is 5.14. The van der Waals surface area contributed by atoms with Gasteiger partial charge >= 0.3 is 0 Å². The van der Waals surface area contributed by atoms with Crippen molar-refractivity contribution in [2.24, 2.45) is 0 Å². The third-order valence-corrected chi connectivity index (χ3v) is 4.48. The Kier molecular flexibility index (Phi) is 2.39. The van der Waals surface area contributed by atoms with Gasteiger partial charge in [-0.05, 0) is 30.4 Å². The summed E-state index contributed by atoms with van der Waals surface area (Å²) >= 11 is -0.525. The first-order chi connectivity index (χ1) is 5.38. The molecule has 0 amide bonds. The van der Waals surface area contributed by atoms with E-state index in [9.17, 15) is 4.55 Å². The van der Waals surface area contributed by atoms with E-state index in [1.807, 2.05) is 0 Å². The minimum absolute atomic E-state index is 0.428. The Balaban J connectivity index is 1.92. The van der Waals surface area contributed by atoms with E-state index >= 15 is 0 Å². The minimum atomic E-state index is -0.525. The largest absolute Gasteiger partial charge is 0.615 e. The van der Waals surface area contributed by atoms with Crippen LogP contribution in [0.4, 0.5) is 0 Å². The molecule has 11 heavy (non-hydrogen) atoms. The summed E-state index contributed by atoms with van der Waals surface area (Å²) in [4.78, 5) is 2.42. The fourth-order valence-corrected chi connectivity index (χ4v) is 3.74. The van der Waals surface area contributed by atoms with Gasteiger partial charge in [-0.2, -0.15) is 0 Å². The smallest absolute Gasteiger partial charge is 0.169 e. The predicted octanol–water partition coefficient (Wildman–Crippen LogP) is 0.951. The molecule has 2 nitrogen and oxygen atoms in total. The lowest BCUT2D eigenvalue weighted by atomic mass is 10.3. The molecule has 2 aliphatic rings. The summed E-state index contributed by atoms with van der Waals surface area (Å²) in [6.45, 7) is 2.38. The minimum Gasteiger partial charge on any atom is -0.615 e. The highest BCUT2D eigenvalue weighted by atomic mass is 32.2. The molecular formula is C8H15NOS. The predicted molar refractivity (Wildman–Crippen MR) is 46.8 cm³/mol. The molecule has 3 heteroatoms. The quantitative estimate of drug-likeness (QED) is 0.552. The number of nitrogens with zero attached hydrogens (tertiary/aromatic N) is 1. The molecule has 2 rings (SSSR count). The van der Waals surface area contributed by atoms with Crippen LogP contribution in [0, 0.1) is 0 Å². The van der Waals surface area contributed by atoms with E-state index in [-0.39, 0.29) is 0 Å². The second kappa shape index (κ2) is 3.33. The van der Waals surface area contributed by atoms with Crippen molar-refractivity contribution in [3.8, 4) is 0 Å². The van der Waals surface area contributed by atoms with Gasteiger partial charge in [0.25, 0.3) is 0 Å². The molecule has 2 saturated heterocycles. The van der Waals surface area contributed by atoms with E-state index in [0.717, 1.165) is 5.75 Å². The molecule has 2 aliphatic heterocycles. The van der Waals surface area contributed by atoms with Crippen LogP contribution >= 0.6 is 0 Å². The molecule has 0 saturated carbocycles. The van der Waals surface area contributed by atoms with Gasteiger partial charge in [-0.15, -0.1) is 0 Å². The van der Waals surface area contributed by atoms with Gasteiger partial charge in [0, 0.05) is 19.5 Å². The first-order valence-electron chi connectivity index (χ1n) is 4.49. The van der Waals surface area contributed by atoms with Crippen LogP contribution in [0.1, 0.15) is 25.7 Å². The van der Waals surface area contributed by atoms with Crippen molar-refractivity contribution in [2.75, 3.05) is 18.8 Å². The topological polar surface area (TPSA) is 26.3 Å². The van der Waals surface area contributed by atoms with Crippen LogP contribution in [0.2, 0.25) is 0 Å². The summed E-state index contributed by atoms with van der Waals surface area (Å²) in [5.74, 6) is 0.946. The fraction of sp³-hybridized carbons (Fsp3) is 1.00. The van der Waals surface area contributed by atoms with Crippen LogP contribution in [0.5, 0.6) is 0 Å². The summed E-state index contributed by atoms with van der Waals surface area (Å²) < 4.78 is 11.4. The molecular weight excluding hydrogens is 158 g/mol. The number of likely N-dealkylation sites (tertiary alicyclic amines) is 1. The van der Waals surface area contributed by atoms with Crippen molar-refractivity contribution in [1.82, 2.24) is 4.90 Å². The zero-order chi connectivity index (χ0) is 7.68. The van der Waals surface area contributed by atoms with E-state index in [2.05, 4.69) is 4.90 Å². The fourth-order valence-electron chi connectivity index (χ4n) is 2.05. The molecule has 2 fully saturated rings. The van der Waals surface area contributed by atoms with Crippen molar-refractivity contribution in [2.45, 2.75) is 31.1 Å². The van der Waals surface area contributed by atoms with Crippen LogP contribution in [-0.4, -0.2) is 33.7 Å². The lowest BCUT2D eigenvalue weighted by Crippen LogP contribution is -2.36. The maximum Gasteiger partial charge on any atom is 0.169 e. The van der Waals surface area contributed by atoms with E-state index in [0.29, 0.717) is 5.37 Å². The van der Waals surface area contributed by atoms with E-state index < -0.39 is 11.2 Å². The highest BCUT2D eigenvalue weighted by Crippen LogP contribution is 2.26. The molecule has 0 aliphatic carbocycles.